The molecule has 0 unspecified atom stereocenters. The zero-order chi connectivity index (χ0) is 37.3. The highest BCUT2D eigenvalue weighted by molar-refractivity contribution is 7.90. The van der Waals surface area contributed by atoms with Gasteiger partial charge in [-0.15, -0.1) is 10.2 Å². The van der Waals surface area contributed by atoms with Gasteiger partial charge in [0.2, 0.25) is 11.8 Å². The maximum atomic E-state index is 13.8. The number of aromatic nitrogens is 6. The maximum Gasteiger partial charge on any atom is 0.338 e. The van der Waals surface area contributed by atoms with Crippen molar-refractivity contribution in [2.45, 2.75) is 44.4 Å². The van der Waals surface area contributed by atoms with Crippen LogP contribution in [0.15, 0.2) is 78.0 Å². The molecular formula is C34H32Cl2FN7O7S. The zero-order valence-electron chi connectivity index (χ0n) is 27.8. The van der Waals surface area contributed by atoms with Crippen molar-refractivity contribution >= 4 is 45.1 Å². The Hall–Kier alpha value is -5.06. The summed E-state index contributed by atoms with van der Waals surface area (Å²) in [6, 6.07) is 13.9. The standard InChI is InChI=1S/C20H18ClFN4O4S.C14H14ClN3O3/c1-20(9-10-20)12-30-17-8-11-26(24-17)16-7-6-13(18(21)23-16)19(27)25-31(28,29)15-5-3-2-4-14(15)22;1-14(5-6-14)8-21-11-4-7-18(17-11)10-3-2-9(13(19)20)12(15)16-10/h2-8,11H,9-10,12H2,1H3,(H,25,27);2-4,7H,5-6,8H2,1H3,(H,19,20). The van der Waals surface area contributed by atoms with E-state index in [2.05, 4.69) is 34.0 Å². The van der Waals surface area contributed by atoms with Gasteiger partial charge in [0, 0.05) is 35.4 Å². The Labute approximate surface area is 307 Å². The quantitative estimate of drug-likeness (QED) is 0.139. The summed E-state index contributed by atoms with van der Waals surface area (Å²) < 4.78 is 54.5. The van der Waals surface area contributed by atoms with E-state index in [9.17, 15) is 22.4 Å². The summed E-state index contributed by atoms with van der Waals surface area (Å²) in [7, 11) is -4.42. The lowest BCUT2D eigenvalue weighted by molar-refractivity contribution is 0.0696. The van der Waals surface area contributed by atoms with Crippen LogP contribution in [0.4, 0.5) is 4.39 Å². The van der Waals surface area contributed by atoms with E-state index in [1.807, 2.05) is 0 Å². The number of amides is 1. The molecule has 1 aromatic carbocycles. The Morgan fingerprint density at radius 2 is 1.29 bits per heavy atom. The van der Waals surface area contributed by atoms with Crippen molar-refractivity contribution in [3.8, 4) is 23.4 Å². The lowest BCUT2D eigenvalue weighted by atomic mass is 10.2. The van der Waals surface area contributed by atoms with Crippen LogP contribution in [-0.4, -0.2) is 68.1 Å². The molecule has 2 aliphatic carbocycles. The second-order valence-corrected chi connectivity index (χ2v) is 15.4. The molecule has 52 heavy (non-hydrogen) atoms. The van der Waals surface area contributed by atoms with Gasteiger partial charge in [-0.3, -0.25) is 4.79 Å². The van der Waals surface area contributed by atoms with Crippen LogP contribution < -0.4 is 14.2 Å². The first kappa shape index (κ1) is 36.7. The normalized spacial score (nSPS) is 15.2. The summed E-state index contributed by atoms with van der Waals surface area (Å²) in [5.41, 5.74) is 0.277. The third kappa shape index (κ3) is 8.86. The molecule has 7 rings (SSSR count). The van der Waals surface area contributed by atoms with Crippen molar-refractivity contribution in [2.24, 2.45) is 10.8 Å². The van der Waals surface area contributed by atoms with Gasteiger partial charge >= 0.3 is 5.97 Å². The lowest BCUT2D eigenvalue weighted by Gasteiger charge is -2.09. The number of carbonyl (C=O) groups is 2. The van der Waals surface area contributed by atoms with Crippen LogP contribution in [0, 0.1) is 16.6 Å². The molecule has 0 saturated heterocycles. The van der Waals surface area contributed by atoms with Crippen LogP contribution in [0.3, 0.4) is 0 Å². The van der Waals surface area contributed by atoms with Gasteiger partial charge in [0.05, 0.1) is 24.3 Å². The van der Waals surface area contributed by atoms with E-state index in [1.54, 1.807) is 35.3 Å². The van der Waals surface area contributed by atoms with E-state index >= 15 is 0 Å². The minimum Gasteiger partial charge on any atom is -0.478 e. The molecule has 0 radical (unpaired) electrons. The number of halogens is 3. The highest BCUT2D eigenvalue weighted by Gasteiger charge is 2.39. The van der Waals surface area contributed by atoms with Crippen LogP contribution in [-0.2, 0) is 10.0 Å². The number of hydrogen-bond acceptors (Lipinski definition) is 10. The van der Waals surface area contributed by atoms with E-state index in [0.29, 0.717) is 36.6 Å². The number of hydrogen-bond donors (Lipinski definition) is 2. The third-order valence-electron chi connectivity index (χ3n) is 8.44. The molecule has 0 bridgehead atoms. The zero-order valence-corrected chi connectivity index (χ0v) is 30.1. The minimum absolute atomic E-state index is 0.0364. The molecule has 0 atom stereocenters. The lowest BCUT2D eigenvalue weighted by Crippen LogP contribution is -2.31. The van der Waals surface area contributed by atoms with Crippen LogP contribution in [0.5, 0.6) is 11.8 Å². The first-order valence-electron chi connectivity index (χ1n) is 15.9. The first-order chi connectivity index (χ1) is 24.6. The second-order valence-electron chi connectivity index (χ2n) is 13.1. The molecule has 5 aromatic rings. The topological polar surface area (TPSA) is 180 Å². The Morgan fingerprint density at radius 1 is 0.808 bits per heavy atom. The van der Waals surface area contributed by atoms with Gasteiger partial charge in [0.15, 0.2) is 11.6 Å². The highest BCUT2D eigenvalue weighted by atomic mass is 35.5. The number of nitrogens with zero attached hydrogens (tertiary/aromatic N) is 6. The molecule has 14 nitrogen and oxygen atoms in total. The SMILES string of the molecule is CC1(COc2ccn(-c3ccc(C(=O)NS(=O)(=O)c4ccccc4F)c(Cl)n3)n2)CC1.CC1(COc2ccn(-c3ccc(C(=O)O)c(Cl)n3)n2)CC1. The molecule has 18 heteroatoms. The van der Waals surface area contributed by atoms with Gasteiger partial charge in [-0.05, 0) is 62.1 Å². The van der Waals surface area contributed by atoms with Crippen molar-refractivity contribution in [2.75, 3.05) is 13.2 Å². The maximum absolute atomic E-state index is 13.8. The fourth-order valence-corrected chi connectivity index (χ4v) is 6.08. The van der Waals surface area contributed by atoms with Crippen LogP contribution >= 0.6 is 23.2 Å². The number of nitrogens with one attached hydrogen (secondary N) is 1. The Morgan fingerprint density at radius 3 is 1.73 bits per heavy atom. The van der Waals surface area contributed by atoms with E-state index in [1.165, 1.54) is 52.5 Å². The van der Waals surface area contributed by atoms with Crippen molar-refractivity contribution in [3.05, 3.63) is 100 Å². The average Bonchev–Trinajstić information content (AvgIpc) is 3.86. The predicted octanol–water partition coefficient (Wildman–Crippen LogP) is 6.16. The second kappa shape index (κ2) is 14.5. The number of pyridine rings is 2. The number of ether oxygens (including phenoxy) is 2. The Balaban J connectivity index is 0.000000192. The van der Waals surface area contributed by atoms with Gasteiger partial charge in [-0.1, -0.05) is 49.2 Å². The number of sulfonamides is 1. The third-order valence-corrected chi connectivity index (χ3v) is 10.4. The number of carboxylic acids is 1. The number of benzene rings is 1. The molecule has 1 amide bonds. The van der Waals surface area contributed by atoms with Gasteiger partial charge < -0.3 is 14.6 Å². The van der Waals surface area contributed by atoms with E-state index < -0.39 is 32.6 Å². The molecule has 2 aliphatic rings. The van der Waals surface area contributed by atoms with E-state index in [0.717, 1.165) is 25.0 Å². The smallest absolute Gasteiger partial charge is 0.338 e. The van der Waals surface area contributed by atoms with Crippen molar-refractivity contribution in [1.29, 1.82) is 0 Å². The number of carboxylic acid groups (broad SMARTS) is 1. The Kier molecular flexibility index (Phi) is 10.3. The molecular weight excluding hydrogens is 740 g/mol. The largest absolute Gasteiger partial charge is 0.478 e. The van der Waals surface area contributed by atoms with Crippen LogP contribution in [0.25, 0.3) is 11.6 Å². The summed E-state index contributed by atoms with van der Waals surface area (Å²) >= 11 is 11.9. The molecule has 0 aliphatic heterocycles. The van der Waals surface area contributed by atoms with Gasteiger partial charge in [-0.25, -0.2) is 41.7 Å². The van der Waals surface area contributed by atoms with E-state index in [4.69, 9.17) is 37.8 Å². The highest BCUT2D eigenvalue weighted by Crippen LogP contribution is 2.45. The predicted molar refractivity (Wildman–Crippen MR) is 186 cm³/mol. The summed E-state index contributed by atoms with van der Waals surface area (Å²) in [5.74, 6) is -1.42. The molecule has 4 heterocycles. The number of rotatable bonds is 12. The van der Waals surface area contributed by atoms with Gasteiger partial charge in [0.25, 0.3) is 15.9 Å². The first-order valence-corrected chi connectivity index (χ1v) is 18.1. The summed E-state index contributed by atoms with van der Waals surface area (Å²) in [5, 5.41) is 17.1. The van der Waals surface area contributed by atoms with Crippen LogP contribution in [0.2, 0.25) is 10.3 Å². The van der Waals surface area contributed by atoms with Crippen LogP contribution in [0.1, 0.15) is 60.2 Å². The van der Waals surface area contributed by atoms with E-state index in [-0.39, 0.29) is 32.3 Å². The number of carbonyl (C=O) groups excluding carboxylic acids is 1. The minimum atomic E-state index is -4.42. The fraction of sp³-hybridized carbons (Fsp3) is 0.294. The molecule has 2 N–H and O–H groups in total. The number of aromatic carboxylic acids is 1. The molecule has 272 valence electrons. The van der Waals surface area contributed by atoms with Crippen molar-refractivity contribution in [1.82, 2.24) is 34.3 Å². The fourth-order valence-electron chi connectivity index (χ4n) is 4.56. The summed E-state index contributed by atoms with van der Waals surface area (Å²) in [6.07, 6.45) is 7.94. The molecule has 0 spiro atoms. The molecule has 2 saturated carbocycles. The van der Waals surface area contributed by atoms with Crippen molar-refractivity contribution < 1.29 is 37.0 Å². The summed E-state index contributed by atoms with van der Waals surface area (Å²) in [4.78, 5) is 30.8. The monoisotopic (exact) mass is 771 g/mol. The molecule has 4 aromatic heterocycles. The Bertz CT molecular complexity index is 2260. The van der Waals surface area contributed by atoms with Gasteiger partial charge in [0.1, 0.15) is 21.0 Å². The van der Waals surface area contributed by atoms with Crippen molar-refractivity contribution in [3.63, 3.8) is 0 Å². The summed E-state index contributed by atoms with van der Waals surface area (Å²) in [6.45, 7) is 5.54. The average molecular weight is 773 g/mol. The molecule has 2 fully saturated rings. The van der Waals surface area contributed by atoms with Gasteiger partial charge in [-0.2, -0.15) is 0 Å².